The van der Waals surface area contributed by atoms with Crippen LogP contribution in [-0.4, -0.2) is 26.6 Å². The van der Waals surface area contributed by atoms with E-state index in [9.17, 15) is 16.8 Å². The van der Waals surface area contributed by atoms with E-state index in [1.54, 1.807) is 25.1 Å². The van der Waals surface area contributed by atoms with Crippen molar-refractivity contribution in [1.82, 2.24) is 9.78 Å². The average Bonchev–Trinajstić information content (AvgIpc) is 3.14. The number of hydrogen-bond acceptors (Lipinski definition) is 5. The first kappa shape index (κ1) is 19.9. The van der Waals surface area contributed by atoms with Gasteiger partial charge >= 0.3 is 0 Å². The summed E-state index contributed by atoms with van der Waals surface area (Å²) in [6.45, 7) is 4.20. The maximum atomic E-state index is 12.5. The summed E-state index contributed by atoms with van der Waals surface area (Å²) in [5, 5.41) is 3.95. The zero-order chi connectivity index (χ0) is 20.4. The summed E-state index contributed by atoms with van der Waals surface area (Å²) in [5.41, 5.74) is 1.53. The molecule has 10 heteroatoms. The highest BCUT2D eigenvalue weighted by Gasteiger charge is 2.18. The summed E-state index contributed by atoms with van der Waals surface area (Å²) >= 11 is 0. The number of aryl methyl sites for hydroxylation is 2. The molecular formula is C18H20N4O4S2. The van der Waals surface area contributed by atoms with E-state index in [1.165, 1.54) is 41.3 Å². The minimum absolute atomic E-state index is 0.0255. The van der Waals surface area contributed by atoms with Crippen LogP contribution >= 0.6 is 0 Å². The lowest BCUT2D eigenvalue weighted by molar-refractivity contribution is 0.599. The molecule has 3 rings (SSSR count). The van der Waals surface area contributed by atoms with Crippen molar-refractivity contribution in [1.29, 1.82) is 0 Å². The summed E-state index contributed by atoms with van der Waals surface area (Å²) in [4.78, 5) is 0.0600. The lowest BCUT2D eigenvalue weighted by Crippen LogP contribution is -2.15. The van der Waals surface area contributed by atoms with Crippen LogP contribution in [0, 0.1) is 6.92 Å². The molecule has 0 unspecified atom stereocenters. The number of sulfonamides is 2. The molecular weight excluding hydrogens is 400 g/mol. The summed E-state index contributed by atoms with van der Waals surface area (Å²) in [7, 11) is -7.59. The van der Waals surface area contributed by atoms with Crippen molar-refractivity contribution in [3.05, 3.63) is 66.5 Å². The molecule has 28 heavy (non-hydrogen) atoms. The van der Waals surface area contributed by atoms with Gasteiger partial charge in [0.2, 0.25) is 0 Å². The lowest BCUT2D eigenvalue weighted by Gasteiger charge is -2.11. The molecule has 148 valence electrons. The molecule has 1 aromatic heterocycles. The number of rotatable bonds is 7. The van der Waals surface area contributed by atoms with Gasteiger partial charge in [-0.15, -0.1) is 0 Å². The molecule has 0 aliphatic carbocycles. The predicted molar refractivity (Wildman–Crippen MR) is 107 cm³/mol. The number of anilines is 2. The summed E-state index contributed by atoms with van der Waals surface area (Å²) in [6, 6.07) is 12.5. The number of nitrogens with zero attached hydrogens (tertiary/aromatic N) is 2. The molecule has 3 aromatic rings. The largest absolute Gasteiger partial charge is 0.280 e. The van der Waals surface area contributed by atoms with Crippen LogP contribution in [0.25, 0.3) is 0 Å². The van der Waals surface area contributed by atoms with Crippen LogP contribution in [0.1, 0.15) is 12.5 Å². The molecule has 1 heterocycles. The van der Waals surface area contributed by atoms with Gasteiger partial charge in [-0.2, -0.15) is 5.10 Å². The van der Waals surface area contributed by atoms with Crippen molar-refractivity contribution in [3.8, 4) is 0 Å². The highest BCUT2D eigenvalue weighted by molar-refractivity contribution is 7.93. The van der Waals surface area contributed by atoms with E-state index in [4.69, 9.17) is 0 Å². The first-order valence-electron chi connectivity index (χ1n) is 8.45. The number of nitrogens with one attached hydrogen (secondary N) is 2. The third-order valence-electron chi connectivity index (χ3n) is 4.05. The predicted octanol–water partition coefficient (Wildman–Crippen LogP) is 2.81. The molecule has 2 N–H and O–H groups in total. The van der Waals surface area contributed by atoms with E-state index in [2.05, 4.69) is 14.5 Å². The maximum absolute atomic E-state index is 12.5. The monoisotopic (exact) mass is 420 g/mol. The van der Waals surface area contributed by atoms with E-state index < -0.39 is 20.0 Å². The summed E-state index contributed by atoms with van der Waals surface area (Å²) in [6.07, 6.45) is 2.68. The zero-order valence-electron chi connectivity index (χ0n) is 15.3. The third-order valence-corrected chi connectivity index (χ3v) is 6.77. The van der Waals surface area contributed by atoms with Gasteiger partial charge in [-0.3, -0.25) is 14.1 Å². The Morgan fingerprint density at radius 1 is 0.893 bits per heavy atom. The molecule has 0 fully saturated rings. The van der Waals surface area contributed by atoms with Crippen LogP contribution in [0.3, 0.4) is 0 Å². The first-order valence-corrected chi connectivity index (χ1v) is 11.4. The van der Waals surface area contributed by atoms with Crippen molar-refractivity contribution in [2.24, 2.45) is 0 Å². The van der Waals surface area contributed by atoms with Crippen molar-refractivity contribution < 1.29 is 16.8 Å². The number of hydrogen-bond donors (Lipinski definition) is 2. The number of aromatic nitrogens is 2. The van der Waals surface area contributed by atoms with Gasteiger partial charge in [0.05, 0.1) is 16.8 Å². The maximum Gasteiger partial charge on any atom is 0.265 e. The van der Waals surface area contributed by atoms with Gasteiger partial charge in [0.25, 0.3) is 20.0 Å². The van der Waals surface area contributed by atoms with E-state index in [1.807, 2.05) is 13.0 Å². The van der Waals surface area contributed by atoms with Crippen LogP contribution in [0.15, 0.2) is 70.7 Å². The van der Waals surface area contributed by atoms with Crippen LogP contribution in [0.5, 0.6) is 0 Å². The van der Waals surface area contributed by atoms with Crippen molar-refractivity contribution in [2.45, 2.75) is 30.2 Å². The van der Waals surface area contributed by atoms with Crippen LogP contribution in [0.2, 0.25) is 0 Å². The molecule has 0 aliphatic rings. The van der Waals surface area contributed by atoms with Crippen LogP contribution in [-0.2, 0) is 26.6 Å². The standard InChI is InChI=1S/C18H20N4O4S2/c1-3-22-13-17(12-19-22)28(25,26)20-15-8-10-16(11-9-15)27(23,24)21-18-7-5-4-6-14(18)2/h4-13,20-21H,3H2,1-2H3. The highest BCUT2D eigenvalue weighted by atomic mass is 32.2. The molecule has 2 aromatic carbocycles. The SMILES string of the molecule is CCn1cc(S(=O)(=O)Nc2ccc(S(=O)(=O)Nc3ccccc3C)cc2)cn1. The van der Waals surface area contributed by atoms with Gasteiger partial charge in [-0.25, -0.2) is 16.8 Å². The number of para-hydroxylation sites is 1. The van der Waals surface area contributed by atoms with Gasteiger partial charge in [0.1, 0.15) is 4.90 Å². The average molecular weight is 421 g/mol. The molecule has 0 bridgehead atoms. The molecule has 0 spiro atoms. The Morgan fingerprint density at radius 3 is 2.14 bits per heavy atom. The lowest BCUT2D eigenvalue weighted by atomic mass is 10.2. The van der Waals surface area contributed by atoms with Crippen molar-refractivity contribution in [3.63, 3.8) is 0 Å². The molecule has 0 saturated carbocycles. The van der Waals surface area contributed by atoms with Crippen LogP contribution in [0.4, 0.5) is 11.4 Å². The topological polar surface area (TPSA) is 110 Å². The normalized spacial score (nSPS) is 11.9. The van der Waals surface area contributed by atoms with Gasteiger partial charge < -0.3 is 0 Å². The van der Waals surface area contributed by atoms with E-state index >= 15 is 0 Å². The Hall–Kier alpha value is -2.85. The van der Waals surface area contributed by atoms with Gasteiger partial charge in [0.15, 0.2) is 0 Å². The van der Waals surface area contributed by atoms with E-state index in [0.717, 1.165) is 5.56 Å². The zero-order valence-corrected chi connectivity index (χ0v) is 17.0. The fourth-order valence-electron chi connectivity index (χ4n) is 2.46. The fourth-order valence-corrected chi connectivity index (χ4v) is 4.60. The third kappa shape index (κ3) is 4.34. The summed E-state index contributed by atoms with van der Waals surface area (Å²) in [5.74, 6) is 0. The summed E-state index contributed by atoms with van der Waals surface area (Å²) < 4.78 is 56.3. The Balaban J connectivity index is 1.78. The second-order valence-corrected chi connectivity index (χ2v) is 9.45. The first-order chi connectivity index (χ1) is 13.2. The quantitative estimate of drug-likeness (QED) is 0.611. The molecule has 0 atom stereocenters. The highest BCUT2D eigenvalue weighted by Crippen LogP contribution is 2.22. The van der Waals surface area contributed by atoms with Gasteiger partial charge in [-0.1, -0.05) is 18.2 Å². The Labute approximate surface area is 164 Å². The number of benzene rings is 2. The molecule has 8 nitrogen and oxygen atoms in total. The fraction of sp³-hybridized carbons (Fsp3) is 0.167. The van der Waals surface area contributed by atoms with E-state index in [0.29, 0.717) is 12.2 Å². The minimum atomic E-state index is -3.80. The Kier molecular flexibility index (Phi) is 5.43. The Bertz CT molecular complexity index is 1180. The van der Waals surface area contributed by atoms with Gasteiger partial charge in [-0.05, 0) is 49.7 Å². The second kappa shape index (κ2) is 7.64. The molecule has 0 radical (unpaired) electrons. The molecule has 0 aliphatic heterocycles. The smallest absolute Gasteiger partial charge is 0.265 e. The molecule has 0 amide bonds. The van der Waals surface area contributed by atoms with Crippen LogP contribution < -0.4 is 9.44 Å². The van der Waals surface area contributed by atoms with Gasteiger partial charge in [0, 0.05) is 18.4 Å². The van der Waals surface area contributed by atoms with E-state index in [-0.39, 0.29) is 15.5 Å². The minimum Gasteiger partial charge on any atom is -0.280 e. The molecule has 0 saturated heterocycles. The van der Waals surface area contributed by atoms with Crippen molar-refractivity contribution in [2.75, 3.05) is 9.44 Å². The second-order valence-electron chi connectivity index (χ2n) is 6.08. The van der Waals surface area contributed by atoms with Crippen molar-refractivity contribution >= 4 is 31.4 Å². The Morgan fingerprint density at radius 2 is 1.54 bits per heavy atom.